The van der Waals surface area contributed by atoms with E-state index in [0.717, 1.165) is 21.9 Å². The standard InChI is InChI=1S/C13H13NO2.C7H8O3S/c14-12(13(15)16)8-9-5-6-10-3-1-2-4-11(10)7-9;1-6-2-4-7(5-3-6)11(8,9)10/h1-7,12H,8,14H2,(H,15,16);2-5H,1H3,(H,8,9,10). The first-order chi connectivity index (χ1) is 12.7. The van der Waals surface area contributed by atoms with Gasteiger partial charge in [0.25, 0.3) is 10.1 Å². The third-order valence-corrected chi connectivity index (χ3v) is 4.77. The molecule has 0 spiro atoms. The van der Waals surface area contributed by atoms with Crippen molar-refractivity contribution >= 4 is 26.9 Å². The van der Waals surface area contributed by atoms with Crippen LogP contribution >= 0.6 is 0 Å². The lowest BCUT2D eigenvalue weighted by atomic mass is 10.0. The second-order valence-corrected chi connectivity index (χ2v) is 7.54. The highest BCUT2D eigenvalue weighted by molar-refractivity contribution is 7.85. The molecule has 0 aromatic heterocycles. The normalized spacial score (nSPS) is 12.1. The summed E-state index contributed by atoms with van der Waals surface area (Å²) < 4.78 is 29.6. The Kier molecular flexibility index (Phi) is 6.68. The molecule has 0 heterocycles. The fraction of sp³-hybridized carbons (Fsp3) is 0.150. The number of benzene rings is 3. The van der Waals surface area contributed by atoms with Crippen LogP contribution in [0.1, 0.15) is 11.1 Å². The van der Waals surface area contributed by atoms with Gasteiger partial charge in [0.2, 0.25) is 0 Å². The smallest absolute Gasteiger partial charge is 0.320 e. The molecule has 27 heavy (non-hydrogen) atoms. The lowest BCUT2D eigenvalue weighted by Crippen LogP contribution is -2.32. The number of aryl methyl sites for hydroxylation is 1. The topological polar surface area (TPSA) is 118 Å². The third kappa shape index (κ3) is 6.18. The van der Waals surface area contributed by atoms with E-state index in [4.69, 9.17) is 15.4 Å². The van der Waals surface area contributed by atoms with Crippen LogP contribution in [0.3, 0.4) is 0 Å². The van der Waals surface area contributed by atoms with E-state index in [9.17, 15) is 13.2 Å². The molecule has 0 amide bonds. The SMILES string of the molecule is Cc1ccc(S(=O)(=O)O)cc1.NC(Cc1ccc2ccccc2c1)C(=O)O. The van der Waals surface area contributed by atoms with Gasteiger partial charge in [0.15, 0.2) is 0 Å². The molecular weight excluding hydrogens is 366 g/mol. The van der Waals surface area contributed by atoms with Crippen LogP contribution in [0.5, 0.6) is 0 Å². The Hall–Kier alpha value is -2.74. The first kappa shape index (κ1) is 20.6. The van der Waals surface area contributed by atoms with Gasteiger partial charge in [-0.2, -0.15) is 8.42 Å². The second kappa shape index (κ2) is 8.77. The molecular formula is C20H21NO5S. The molecule has 0 fully saturated rings. The number of hydrogen-bond donors (Lipinski definition) is 3. The van der Waals surface area contributed by atoms with Crippen LogP contribution in [0.2, 0.25) is 0 Å². The number of nitrogens with two attached hydrogens (primary N) is 1. The molecule has 3 aromatic rings. The molecule has 0 bridgehead atoms. The first-order valence-electron chi connectivity index (χ1n) is 8.17. The van der Waals surface area contributed by atoms with Gasteiger partial charge in [-0.25, -0.2) is 0 Å². The summed E-state index contributed by atoms with van der Waals surface area (Å²) in [6, 6.07) is 19.0. The van der Waals surface area contributed by atoms with Gasteiger partial charge in [0.1, 0.15) is 6.04 Å². The maximum absolute atomic E-state index is 10.6. The molecule has 4 N–H and O–H groups in total. The van der Waals surface area contributed by atoms with Crippen molar-refractivity contribution in [1.29, 1.82) is 0 Å². The maximum Gasteiger partial charge on any atom is 0.320 e. The van der Waals surface area contributed by atoms with Crippen molar-refractivity contribution in [2.45, 2.75) is 24.3 Å². The van der Waals surface area contributed by atoms with E-state index in [0.29, 0.717) is 6.42 Å². The Bertz CT molecular complexity index is 1030. The number of hydrogen-bond acceptors (Lipinski definition) is 4. The van der Waals surface area contributed by atoms with Gasteiger partial charge in [-0.3, -0.25) is 9.35 Å². The van der Waals surface area contributed by atoms with Gasteiger partial charge in [-0.15, -0.1) is 0 Å². The Morgan fingerprint density at radius 1 is 1.00 bits per heavy atom. The first-order valence-corrected chi connectivity index (χ1v) is 9.61. The molecule has 142 valence electrons. The minimum absolute atomic E-state index is 0.0666. The van der Waals surface area contributed by atoms with Crippen molar-refractivity contribution in [2.24, 2.45) is 5.73 Å². The summed E-state index contributed by atoms with van der Waals surface area (Å²) in [5.41, 5.74) is 7.40. The zero-order valence-electron chi connectivity index (χ0n) is 14.7. The molecule has 6 nitrogen and oxygen atoms in total. The molecule has 3 aromatic carbocycles. The third-order valence-electron chi connectivity index (χ3n) is 3.91. The second-order valence-electron chi connectivity index (χ2n) is 6.12. The molecule has 0 saturated heterocycles. The summed E-state index contributed by atoms with van der Waals surface area (Å²) in [7, 11) is -4.02. The van der Waals surface area contributed by atoms with E-state index in [1.807, 2.05) is 49.4 Å². The van der Waals surface area contributed by atoms with Crippen molar-refractivity contribution in [2.75, 3.05) is 0 Å². The lowest BCUT2D eigenvalue weighted by Gasteiger charge is -2.07. The molecule has 0 aliphatic rings. The number of carbonyl (C=O) groups is 1. The summed E-state index contributed by atoms with van der Waals surface area (Å²) in [6.45, 7) is 1.84. The van der Waals surface area contributed by atoms with Crippen molar-refractivity contribution in [3.05, 3.63) is 77.9 Å². The van der Waals surface area contributed by atoms with E-state index < -0.39 is 22.1 Å². The highest BCUT2D eigenvalue weighted by Gasteiger charge is 2.12. The van der Waals surface area contributed by atoms with Gasteiger partial charge < -0.3 is 10.8 Å². The number of fused-ring (bicyclic) bond motifs is 1. The number of aliphatic carboxylic acids is 1. The number of carboxylic acids is 1. The van der Waals surface area contributed by atoms with E-state index in [2.05, 4.69) is 0 Å². The van der Waals surface area contributed by atoms with Crippen LogP contribution in [0.4, 0.5) is 0 Å². The van der Waals surface area contributed by atoms with Crippen LogP contribution in [0.15, 0.2) is 71.6 Å². The average Bonchev–Trinajstić information content (AvgIpc) is 2.61. The van der Waals surface area contributed by atoms with Crippen LogP contribution in [0, 0.1) is 6.92 Å². The Morgan fingerprint density at radius 3 is 2.15 bits per heavy atom. The zero-order chi connectivity index (χ0) is 20.0. The highest BCUT2D eigenvalue weighted by atomic mass is 32.2. The molecule has 7 heteroatoms. The van der Waals surface area contributed by atoms with Crippen LogP contribution < -0.4 is 5.73 Å². The molecule has 1 unspecified atom stereocenters. The summed E-state index contributed by atoms with van der Waals surface area (Å²) in [5, 5.41) is 11.0. The minimum Gasteiger partial charge on any atom is -0.480 e. The summed E-state index contributed by atoms with van der Waals surface area (Å²) >= 11 is 0. The maximum atomic E-state index is 10.6. The average molecular weight is 387 g/mol. The Labute approximate surface area is 158 Å². The van der Waals surface area contributed by atoms with E-state index >= 15 is 0 Å². The van der Waals surface area contributed by atoms with Crippen LogP contribution in [0.25, 0.3) is 10.8 Å². The Balaban J connectivity index is 0.000000208. The van der Waals surface area contributed by atoms with Gasteiger partial charge in [-0.05, 0) is 41.8 Å². The summed E-state index contributed by atoms with van der Waals surface area (Å²) in [4.78, 5) is 10.6. The quantitative estimate of drug-likeness (QED) is 0.592. The van der Waals surface area contributed by atoms with E-state index in [-0.39, 0.29) is 4.90 Å². The van der Waals surface area contributed by atoms with E-state index in [1.165, 1.54) is 12.1 Å². The molecule has 0 aliphatic heterocycles. The molecule has 1 atom stereocenters. The monoisotopic (exact) mass is 387 g/mol. The van der Waals surface area contributed by atoms with E-state index in [1.54, 1.807) is 12.1 Å². The van der Waals surface area contributed by atoms with Crippen molar-refractivity contribution in [1.82, 2.24) is 0 Å². The zero-order valence-corrected chi connectivity index (χ0v) is 15.6. The van der Waals surface area contributed by atoms with Crippen molar-refractivity contribution in [3.8, 4) is 0 Å². The molecule has 3 rings (SSSR count). The van der Waals surface area contributed by atoms with Gasteiger partial charge in [-0.1, -0.05) is 60.2 Å². The predicted octanol–water partition coefficient (Wildman–Crippen LogP) is 3.04. The molecule has 0 aliphatic carbocycles. The fourth-order valence-corrected chi connectivity index (χ4v) is 2.90. The van der Waals surface area contributed by atoms with Crippen molar-refractivity contribution in [3.63, 3.8) is 0 Å². The fourth-order valence-electron chi connectivity index (χ4n) is 2.42. The summed E-state index contributed by atoms with van der Waals surface area (Å²) in [5.74, 6) is -0.965. The van der Waals surface area contributed by atoms with Gasteiger partial charge in [0.05, 0.1) is 4.90 Å². The number of rotatable bonds is 4. The predicted molar refractivity (Wildman–Crippen MR) is 104 cm³/mol. The Morgan fingerprint density at radius 2 is 1.59 bits per heavy atom. The van der Waals surface area contributed by atoms with Gasteiger partial charge >= 0.3 is 5.97 Å². The molecule has 0 saturated carbocycles. The largest absolute Gasteiger partial charge is 0.480 e. The minimum atomic E-state index is -4.02. The lowest BCUT2D eigenvalue weighted by molar-refractivity contribution is -0.138. The van der Waals surface area contributed by atoms with Gasteiger partial charge in [0, 0.05) is 0 Å². The van der Waals surface area contributed by atoms with Crippen LogP contribution in [-0.2, 0) is 21.3 Å². The highest BCUT2D eigenvalue weighted by Crippen LogP contribution is 2.16. The summed E-state index contributed by atoms with van der Waals surface area (Å²) in [6.07, 6.45) is 0.361. The van der Waals surface area contributed by atoms with Crippen molar-refractivity contribution < 1.29 is 22.9 Å². The molecule has 0 radical (unpaired) electrons. The number of carboxylic acid groups (broad SMARTS) is 1. The van der Waals surface area contributed by atoms with Crippen LogP contribution in [-0.4, -0.2) is 30.1 Å².